The van der Waals surface area contributed by atoms with Crippen LogP contribution >= 0.6 is 11.3 Å². The molecule has 0 aromatic carbocycles. The number of nitrogens with one attached hydrogen (secondary N) is 1. The smallest absolute Gasteiger partial charge is 0.242 e. The number of anilines is 1. The first-order chi connectivity index (χ1) is 8.15. The zero-order valence-corrected chi connectivity index (χ0v) is 10.2. The molecular formula is C10H13N5OS. The van der Waals surface area contributed by atoms with Crippen LogP contribution in [0, 0.1) is 6.92 Å². The molecular weight excluding hydrogens is 238 g/mol. The fourth-order valence-corrected chi connectivity index (χ4v) is 2.20. The Morgan fingerprint density at radius 3 is 3.06 bits per heavy atom. The highest BCUT2D eigenvalue weighted by Crippen LogP contribution is 2.14. The van der Waals surface area contributed by atoms with Crippen molar-refractivity contribution in [3.05, 3.63) is 28.2 Å². The van der Waals surface area contributed by atoms with E-state index in [1.165, 1.54) is 16.6 Å². The molecule has 0 aliphatic heterocycles. The quantitative estimate of drug-likeness (QED) is 0.830. The second-order valence-electron chi connectivity index (χ2n) is 3.60. The molecule has 0 saturated carbocycles. The van der Waals surface area contributed by atoms with E-state index < -0.39 is 0 Å². The number of nitrogen functional groups attached to an aromatic ring is 1. The van der Waals surface area contributed by atoms with Gasteiger partial charge < -0.3 is 11.1 Å². The van der Waals surface area contributed by atoms with Crippen LogP contribution in [0.4, 0.5) is 5.95 Å². The molecule has 0 atom stereocenters. The Balaban J connectivity index is 1.84. The largest absolute Gasteiger partial charge is 0.367 e. The van der Waals surface area contributed by atoms with Gasteiger partial charge in [0, 0.05) is 4.88 Å². The molecule has 90 valence electrons. The molecule has 2 heterocycles. The number of aromatic nitrogens is 3. The number of nitrogens with two attached hydrogens (primary N) is 1. The van der Waals surface area contributed by atoms with Gasteiger partial charge in [0.2, 0.25) is 11.9 Å². The fraction of sp³-hybridized carbons (Fsp3) is 0.300. The molecule has 0 spiro atoms. The molecule has 1 amide bonds. The summed E-state index contributed by atoms with van der Waals surface area (Å²) in [5, 5.41) is 8.67. The van der Waals surface area contributed by atoms with Crippen LogP contribution in [0.25, 0.3) is 0 Å². The average Bonchev–Trinajstić information content (AvgIpc) is 2.85. The molecule has 0 saturated heterocycles. The highest BCUT2D eigenvalue weighted by Gasteiger charge is 2.06. The topological polar surface area (TPSA) is 85.8 Å². The summed E-state index contributed by atoms with van der Waals surface area (Å²) < 4.78 is 1.41. The van der Waals surface area contributed by atoms with Gasteiger partial charge in [-0.1, -0.05) is 0 Å². The summed E-state index contributed by atoms with van der Waals surface area (Å²) in [5.41, 5.74) is 6.55. The number of aryl methyl sites for hydroxylation is 1. The van der Waals surface area contributed by atoms with Crippen molar-refractivity contribution >= 4 is 23.2 Å². The zero-order valence-electron chi connectivity index (χ0n) is 9.38. The molecule has 6 nitrogen and oxygen atoms in total. The maximum Gasteiger partial charge on any atom is 0.242 e. The van der Waals surface area contributed by atoms with Gasteiger partial charge in [0.05, 0.1) is 6.54 Å². The molecule has 0 radical (unpaired) electrons. The molecule has 2 aromatic rings. The minimum absolute atomic E-state index is 0.109. The van der Waals surface area contributed by atoms with Crippen LogP contribution in [0.3, 0.4) is 0 Å². The van der Waals surface area contributed by atoms with Crippen molar-refractivity contribution in [2.75, 3.05) is 5.73 Å². The molecule has 0 bridgehead atoms. The Kier molecular flexibility index (Phi) is 3.38. The van der Waals surface area contributed by atoms with Gasteiger partial charge in [0.1, 0.15) is 12.9 Å². The standard InChI is InChI=1S/C10H13N5OS/c1-7-2-3-17-8(7)4-12-9(16)5-15-6-13-10(11)14-15/h2-3,6H,4-5H2,1H3,(H2,11,14)(H,12,16). The van der Waals surface area contributed by atoms with E-state index in [-0.39, 0.29) is 18.4 Å². The van der Waals surface area contributed by atoms with E-state index in [0.717, 1.165) is 4.88 Å². The summed E-state index contributed by atoms with van der Waals surface area (Å²) in [5.74, 6) is 0.0644. The summed E-state index contributed by atoms with van der Waals surface area (Å²) in [6.45, 7) is 2.71. The lowest BCUT2D eigenvalue weighted by Crippen LogP contribution is -2.27. The first-order valence-electron chi connectivity index (χ1n) is 5.10. The third-order valence-electron chi connectivity index (χ3n) is 2.27. The normalized spacial score (nSPS) is 10.4. The van der Waals surface area contributed by atoms with Crippen molar-refractivity contribution in [1.82, 2.24) is 20.1 Å². The monoisotopic (exact) mass is 251 g/mol. The van der Waals surface area contributed by atoms with Gasteiger partial charge in [-0.15, -0.1) is 16.4 Å². The number of rotatable bonds is 4. The van der Waals surface area contributed by atoms with Crippen LogP contribution in [0.1, 0.15) is 10.4 Å². The summed E-state index contributed by atoms with van der Waals surface area (Å²) in [6, 6.07) is 2.03. The summed E-state index contributed by atoms with van der Waals surface area (Å²) in [6.07, 6.45) is 1.44. The molecule has 7 heteroatoms. The molecule has 3 N–H and O–H groups in total. The Morgan fingerprint density at radius 2 is 2.47 bits per heavy atom. The van der Waals surface area contributed by atoms with Crippen LogP contribution in [0.15, 0.2) is 17.8 Å². The zero-order chi connectivity index (χ0) is 12.3. The summed E-state index contributed by atoms with van der Waals surface area (Å²) in [7, 11) is 0. The van der Waals surface area contributed by atoms with Crippen LogP contribution in [-0.2, 0) is 17.9 Å². The first kappa shape index (κ1) is 11.6. The van der Waals surface area contributed by atoms with Crippen LogP contribution in [0.2, 0.25) is 0 Å². The van der Waals surface area contributed by atoms with Crippen molar-refractivity contribution < 1.29 is 4.79 Å². The van der Waals surface area contributed by atoms with E-state index in [4.69, 9.17) is 5.73 Å². The maximum atomic E-state index is 11.6. The fourth-order valence-electron chi connectivity index (χ4n) is 1.35. The van der Waals surface area contributed by atoms with Gasteiger partial charge in [-0.2, -0.15) is 0 Å². The van der Waals surface area contributed by atoms with Crippen LogP contribution in [-0.4, -0.2) is 20.7 Å². The Bertz CT molecular complexity index is 518. The average molecular weight is 251 g/mol. The third kappa shape index (κ3) is 3.04. The van der Waals surface area contributed by atoms with E-state index in [1.54, 1.807) is 11.3 Å². The second-order valence-corrected chi connectivity index (χ2v) is 4.60. The molecule has 2 aromatic heterocycles. The number of hydrogen-bond acceptors (Lipinski definition) is 5. The van der Waals surface area contributed by atoms with Crippen molar-refractivity contribution in [2.45, 2.75) is 20.0 Å². The van der Waals surface area contributed by atoms with Gasteiger partial charge in [0.15, 0.2) is 0 Å². The lowest BCUT2D eigenvalue weighted by Gasteiger charge is -2.04. The van der Waals surface area contributed by atoms with Crippen LogP contribution < -0.4 is 11.1 Å². The predicted octanol–water partition coefficient (Wildman–Crippen LogP) is 0.547. The van der Waals surface area contributed by atoms with Gasteiger partial charge in [-0.05, 0) is 23.9 Å². The minimum atomic E-state index is -0.109. The van der Waals surface area contributed by atoms with E-state index >= 15 is 0 Å². The number of carbonyl (C=O) groups is 1. The predicted molar refractivity (Wildman–Crippen MR) is 65.3 cm³/mol. The van der Waals surface area contributed by atoms with Crippen molar-refractivity contribution in [3.8, 4) is 0 Å². The molecule has 2 rings (SSSR count). The Morgan fingerprint density at radius 1 is 1.65 bits per heavy atom. The van der Waals surface area contributed by atoms with Gasteiger partial charge in [-0.3, -0.25) is 4.79 Å². The minimum Gasteiger partial charge on any atom is -0.367 e. The lowest BCUT2D eigenvalue weighted by atomic mass is 10.3. The molecule has 0 unspecified atom stereocenters. The van der Waals surface area contributed by atoms with E-state index in [1.807, 2.05) is 18.4 Å². The Hall–Kier alpha value is -1.89. The maximum absolute atomic E-state index is 11.6. The molecule has 0 aliphatic rings. The third-order valence-corrected chi connectivity index (χ3v) is 3.30. The molecule has 17 heavy (non-hydrogen) atoms. The van der Waals surface area contributed by atoms with Crippen molar-refractivity contribution in [3.63, 3.8) is 0 Å². The highest BCUT2D eigenvalue weighted by atomic mass is 32.1. The van der Waals surface area contributed by atoms with Gasteiger partial charge in [-0.25, -0.2) is 9.67 Å². The number of amides is 1. The number of hydrogen-bond donors (Lipinski definition) is 2. The Labute approximate surface area is 102 Å². The summed E-state index contributed by atoms with van der Waals surface area (Å²) >= 11 is 1.63. The van der Waals surface area contributed by atoms with E-state index in [0.29, 0.717) is 6.54 Å². The SMILES string of the molecule is Cc1ccsc1CNC(=O)Cn1cnc(N)n1. The number of nitrogens with zero attached hydrogens (tertiary/aromatic N) is 3. The van der Waals surface area contributed by atoms with Crippen molar-refractivity contribution in [1.29, 1.82) is 0 Å². The molecule has 0 fully saturated rings. The lowest BCUT2D eigenvalue weighted by molar-refractivity contribution is -0.122. The molecule has 0 aliphatic carbocycles. The number of thiophene rings is 1. The van der Waals surface area contributed by atoms with Gasteiger partial charge >= 0.3 is 0 Å². The second kappa shape index (κ2) is 4.96. The van der Waals surface area contributed by atoms with Gasteiger partial charge in [0.25, 0.3) is 0 Å². The van der Waals surface area contributed by atoms with E-state index in [9.17, 15) is 4.79 Å². The van der Waals surface area contributed by atoms with Crippen molar-refractivity contribution in [2.24, 2.45) is 0 Å². The van der Waals surface area contributed by atoms with Crippen LogP contribution in [0.5, 0.6) is 0 Å². The summed E-state index contributed by atoms with van der Waals surface area (Å²) in [4.78, 5) is 16.5. The highest BCUT2D eigenvalue weighted by molar-refractivity contribution is 7.10. The first-order valence-corrected chi connectivity index (χ1v) is 5.97. The number of carbonyl (C=O) groups excluding carboxylic acids is 1. The van der Waals surface area contributed by atoms with E-state index in [2.05, 4.69) is 15.4 Å².